The van der Waals surface area contributed by atoms with E-state index >= 15 is 0 Å². The number of hydrogen-bond acceptors (Lipinski definition) is 3. The van der Waals surface area contributed by atoms with Crippen molar-refractivity contribution in [3.05, 3.63) is 48.9 Å². The van der Waals surface area contributed by atoms with Crippen molar-refractivity contribution in [1.82, 2.24) is 19.6 Å². The maximum absolute atomic E-state index is 10.5. The molecule has 2 N–H and O–H groups in total. The van der Waals surface area contributed by atoms with Crippen LogP contribution in [0.4, 0.5) is 5.82 Å². The molecular formula is C18H17N5O. The Hall–Kier alpha value is -3.15. The molecule has 120 valence electrons. The molecular weight excluding hydrogens is 302 g/mol. The number of nitrogens with zero attached hydrogens (tertiary/aromatic N) is 3. The SMILES string of the molecule is C1CC1.O=CNc1cc2cc(-c3cnc4[nH]ccc4c3)ccn2n1. The molecule has 5 rings (SSSR count). The maximum Gasteiger partial charge on any atom is 0.212 e. The lowest BCUT2D eigenvalue weighted by Crippen LogP contribution is -1.94. The average molecular weight is 319 g/mol. The first kappa shape index (κ1) is 14.4. The summed E-state index contributed by atoms with van der Waals surface area (Å²) in [6, 6.07) is 9.89. The number of carbonyl (C=O) groups is 1. The van der Waals surface area contributed by atoms with E-state index in [2.05, 4.69) is 26.4 Å². The molecule has 0 bridgehead atoms. The van der Waals surface area contributed by atoms with Gasteiger partial charge in [-0.2, -0.15) is 5.10 Å². The zero-order valence-electron chi connectivity index (χ0n) is 13.1. The summed E-state index contributed by atoms with van der Waals surface area (Å²) in [7, 11) is 0. The van der Waals surface area contributed by atoms with Crippen LogP contribution < -0.4 is 5.32 Å². The van der Waals surface area contributed by atoms with Gasteiger partial charge in [0, 0.05) is 35.6 Å². The van der Waals surface area contributed by atoms with Gasteiger partial charge in [0.2, 0.25) is 6.41 Å². The van der Waals surface area contributed by atoms with Crippen molar-refractivity contribution in [2.75, 3.05) is 5.32 Å². The molecule has 1 saturated carbocycles. The highest BCUT2D eigenvalue weighted by Crippen LogP contribution is 2.24. The summed E-state index contributed by atoms with van der Waals surface area (Å²) in [6.07, 6.45) is 10.7. The van der Waals surface area contributed by atoms with E-state index in [0.29, 0.717) is 12.2 Å². The fourth-order valence-corrected chi connectivity index (χ4v) is 2.40. The van der Waals surface area contributed by atoms with Gasteiger partial charge in [-0.1, -0.05) is 19.3 Å². The van der Waals surface area contributed by atoms with Crippen LogP contribution in [0.5, 0.6) is 0 Å². The third-order valence-corrected chi connectivity index (χ3v) is 3.76. The van der Waals surface area contributed by atoms with Gasteiger partial charge < -0.3 is 10.3 Å². The van der Waals surface area contributed by atoms with Gasteiger partial charge in [0.15, 0.2) is 5.82 Å². The van der Waals surface area contributed by atoms with Crippen LogP contribution >= 0.6 is 0 Å². The van der Waals surface area contributed by atoms with Crippen molar-refractivity contribution < 1.29 is 4.79 Å². The Labute approximate surface area is 138 Å². The average Bonchev–Trinajstić information content (AvgIpc) is 3.31. The summed E-state index contributed by atoms with van der Waals surface area (Å²) < 4.78 is 1.72. The largest absolute Gasteiger partial charge is 0.346 e. The predicted molar refractivity (Wildman–Crippen MR) is 93.8 cm³/mol. The van der Waals surface area contributed by atoms with Gasteiger partial charge in [-0.3, -0.25) is 4.79 Å². The fraction of sp³-hybridized carbons (Fsp3) is 0.167. The molecule has 1 amide bonds. The fourth-order valence-electron chi connectivity index (χ4n) is 2.40. The van der Waals surface area contributed by atoms with E-state index in [0.717, 1.165) is 27.7 Å². The van der Waals surface area contributed by atoms with Crippen LogP contribution in [0.25, 0.3) is 27.7 Å². The number of rotatable bonds is 3. The molecule has 0 saturated heterocycles. The minimum absolute atomic E-state index is 0.529. The standard InChI is InChI=1S/C15H11N5O.C3H6/c21-9-18-14-7-13-6-10(2-4-20(13)19-14)12-5-11-1-3-16-15(11)17-8-12;1-2-3-1/h1-9H,(H,16,17)(H,18,19,21);1-3H2. The van der Waals surface area contributed by atoms with E-state index in [-0.39, 0.29) is 0 Å². The second-order valence-corrected chi connectivity index (χ2v) is 5.78. The molecule has 4 heterocycles. The van der Waals surface area contributed by atoms with Gasteiger partial charge >= 0.3 is 0 Å². The van der Waals surface area contributed by atoms with Crippen molar-refractivity contribution in [3.8, 4) is 11.1 Å². The molecule has 0 radical (unpaired) electrons. The summed E-state index contributed by atoms with van der Waals surface area (Å²) >= 11 is 0. The van der Waals surface area contributed by atoms with Crippen LogP contribution in [0.2, 0.25) is 0 Å². The number of pyridine rings is 2. The smallest absolute Gasteiger partial charge is 0.212 e. The molecule has 0 unspecified atom stereocenters. The second-order valence-electron chi connectivity index (χ2n) is 5.78. The third kappa shape index (κ3) is 2.99. The molecule has 1 aliphatic carbocycles. The van der Waals surface area contributed by atoms with Crippen LogP contribution in [0.15, 0.2) is 48.9 Å². The first-order chi connectivity index (χ1) is 11.8. The molecule has 0 aliphatic heterocycles. The monoisotopic (exact) mass is 319 g/mol. The normalized spacial score (nSPS) is 12.7. The first-order valence-electron chi connectivity index (χ1n) is 7.97. The molecule has 1 aliphatic rings. The Bertz CT molecular complexity index is 996. The predicted octanol–water partition coefficient (Wildman–Crippen LogP) is 3.62. The number of amides is 1. The number of hydrogen-bond donors (Lipinski definition) is 2. The van der Waals surface area contributed by atoms with Crippen LogP contribution in [-0.4, -0.2) is 26.0 Å². The van der Waals surface area contributed by atoms with Crippen molar-refractivity contribution in [3.63, 3.8) is 0 Å². The van der Waals surface area contributed by atoms with Gasteiger partial charge in [0.25, 0.3) is 0 Å². The van der Waals surface area contributed by atoms with Crippen LogP contribution in [0.3, 0.4) is 0 Å². The molecule has 24 heavy (non-hydrogen) atoms. The van der Waals surface area contributed by atoms with E-state index in [9.17, 15) is 4.79 Å². The Morgan fingerprint density at radius 1 is 1.12 bits per heavy atom. The van der Waals surface area contributed by atoms with Gasteiger partial charge in [-0.05, 0) is 29.8 Å². The molecule has 6 heteroatoms. The lowest BCUT2D eigenvalue weighted by molar-refractivity contribution is -0.105. The van der Waals surface area contributed by atoms with E-state index in [1.165, 1.54) is 19.3 Å². The van der Waals surface area contributed by atoms with Crippen LogP contribution in [0, 0.1) is 0 Å². The Balaban J connectivity index is 0.000000440. The summed E-state index contributed by atoms with van der Waals surface area (Å²) in [4.78, 5) is 17.9. The zero-order valence-corrected chi connectivity index (χ0v) is 13.1. The topological polar surface area (TPSA) is 75.1 Å². The summed E-state index contributed by atoms with van der Waals surface area (Å²) in [5.41, 5.74) is 3.87. The van der Waals surface area contributed by atoms with E-state index in [1.807, 2.05) is 42.9 Å². The number of aromatic nitrogens is 4. The lowest BCUT2D eigenvalue weighted by atomic mass is 10.1. The highest BCUT2D eigenvalue weighted by molar-refractivity contribution is 5.82. The van der Waals surface area contributed by atoms with Crippen molar-refractivity contribution in [2.45, 2.75) is 19.3 Å². The highest BCUT2D eigenvalue weighted by Gasteiger charge is 2.05. The Morgan fingerprint density at radius 3 is 2.79 bits per heavy atom. The number of aromatic amines is 1. The van der Waals surface area contributed by atoms with Gasteiger partial charge in [0.05, 0.1) is 5.52 Å². The van der Waals surface area contributed by atoms with E-state index in [4.69, 9.17) is 0 Å². The molecule has 4 aromatic heterocycles. The van der Waals surface area contributed by atoms with Crippen molar-refractivity contribution in [2.24, 2.45) is 0 Å². The minimum Gasteiger partial charge on any atom is -0.346 e. The van der Waals surface area contributed by atoms with Crippen molar-refractivity contribution in [1.29, 1.82) is 0 Å². The van der Waals surface area contributed by atoms with Crippen LogP contribution in [-0.2, 0) is 4.79 Å². The zero-order chi connectivity index (χ0) is 16.4. The van der Waals surface area contributed by atoms with Crippen LogP contribution in [0.1, 0.15) is 19.3 Å². The molecule has 0 atom stereocenters. The number of carbonyl (C=O) groups excluding carboxylic acids is 1. The third-order valence-electron chi connectivity index (χ3n) is 3.76. The summed E-state index contributed by atoms with van der Waals surface area (Å²) in [5.74, 6) is 0.529. The number of fused-ring (bicyclic) bond motifs is 2. The van der Waals surface area contributed by atoms with Crippen molar-refractivity contribution >= 4 is 28.8 Å². The number of anilines is 1. The highest BCUT2D eigenvalue weighted by atomic mass is 16.1. The van der Waals surface area contributed by atoms with Gasteiger partial charge in [0.1, 0.15) is 5.65 Å². The molecule has 6 nitrogen and oxygen atoms in total. The quantitative estimate of drug-likeness (QED) is 0.566. The molecule has 4 aromatic rings. The summed E-state index contributed by atoms with van der Waals surface area (Å²) in [6.45, 7) is 0. The Kier molecular flexibility index (Phi) is 3.70. The van der Waals surface area contributed by atoms with E-state index in [1.54, 1.807) is 4.52 Å². The second kappa shape index (κ2) is 6.16. The maximum atomic E-state index is 10.5. The minimum atomic E-state index is 0.529. The lowest BCUT2D eigenvalue weighted by Gasteiger charge is -2.02. The summed E-state index contributed by atoms with van der Waals surface area (Å²) in [5, 5.41) is 7.85. The van der Waals surface area contributed by atoms with Gasteiger partial charge in [-0.15, -0.1) is 0 Å². The number of nitrogens with one attached hydrogen (secondary N) is 2. The first-order valence-corrected chi connectivity index (χ1v) is 7.97. The number of H-pyrrole nitrogens is 1. The van der Waals surface area contributed by atoms with Gasteiger partial charge in [-0.25, -0.2) is 9.50 Å². The molecule has 1 fully saturated rings. The molecule has 0 spiro atoms. The van der Waals surface area contributed by atoms with E-state index < -0.39 is 0 Å². The molecule has 0 aromatic carbocycles. The Morgan fingerprint density at radius 2 is 2.00 bits per heavy atom.